The first kappa shape index (κ1) is 16.2. The lowest BCUT2D eigenvalue weighted by Crippen LogP contribution is -2.49. The molecule has 1 aliphatic heterocycles. The monoisotopic (exact) mass is 340 g/mol. The number of halogens is 3. The van der Waals surface area contributed by atoms with Crippen molar-refractivity contribution in [2.24, 2.45) is 0 Å². The van der Waals surface area contributed by atoms with Crippen molar-refractivity contribution >= 4 is 11.7 Å². The Labute approximate surface area is 135 Å². The van der Waals surface area contributed by atoms with E-state index in [0.29, 0.717) is 32.0 Å². The van der Waals surface area contributed by atoms with E-state index in [1.807, 2.05) is 4.90 Å². The van der Waals surface area contributed by atoms with E-state index in [1.54, 1.807) is 4.90 Å². The summed E-state index contributed by atoms with van der Waals surface area (Å²) in [7, 11) is 0. The van der Waals surface area contributed by atoms with E-state index in [9.17, 15) is 18.0 Å². The summed E-state index contributed by atoms with van der Waals surface area (Å²) < 4.78 is 39.1. The molecule has 0 bridgehead atoms. The van der Waals surface area contributed by atoms with Crippen molar-refractivity contribution < 1.29 is 18.0 Å². The van der Waals surface area contributed by atoms with E-state index >= 15 is 0 Å². The van der Waals surface area contributed by atoms with E-state index < -0.39 is 11.7 Å². The van der Waals surface area contributed by atoms with Gasteiger partial charge in [-0.2, -0.15) is 18.3 Å². The number of piperazine rings is 1. The minimum atomic E-state index is -4.39. The van der Waals surface area contributed by atoms with Gasteiger partial charge in [0.2, 0.25) is 5.91 Å². The van der Waals surface area contributed by atoms with Crippen LogP contribution in [-0.4, -0.2) is 56.7 Å². The average molecular weight is 340 g/mol. The summed E-state index contributed by atoms with van der Waals surface area (Å²) in [6.07, 6.45) is -0.725. The van der Waals surface area contributed by atoms with Crippen molar-refractivity contribution in [3.8, 4) is 0 Å². The number of aromatic nitrogens is 4. The van der Waals surface area contributed by atoms with Crippen molar-refractivity contribution in [2.45, 2.75) is 12.7 Å². The maximum atomic E-state index is 12.5. The highest BCUT2D eigenvalue weighted by Gasteiger charge is 2.31. The first-order valence-electron chi connectivity index (χ1n) is 7.32. The lowest BCUT2D eigenvalue weighted by atomic mass is 10.2. The Hall–Kier alpha value is -2.65. The molecule has 0 spiro atoms. The van der Waals surface area contributed by atoms with Gasteiger partial charge in [-0.3, -0.25) is 4.79 Å². The van der Waals surface area contributed by atoms with Crippen LogP contribution in [-0.2, 0) is 17.5 Å². The Balaban J connectivity index is 1.56. The lowest BCUT2D eigenvalue weighted by Gasteiger charge is -2.35. The Bertz CT molecular complexity index is 678. The van der Waals surface area contributed by atoms with E-state index in [1.165, 1.54) is 23.4 Å². The average Bonchev–Trinajstić information content (AvgIpc) is 3.07. The largest absolute Gasteiger partial charge is 0.417 e. The van der Waals surface area contributed by atoms with Crippen LogP contribution in [0.2, 0.25) is 0 Å². The molecule has 7 nitrogen and oxygen atoms in total. The number of pyridine rings is 1. The van der Waals surface area contributed by atoms with Gasteiger partial charge < -0.3 is 9.80 Å². The number of hydrogen-bond donors (Lipinski definition) is 0. The van der Waals surface area contributed by atoms with Crippen LogP contribution in [0.4, 0.5) is 19.0 Å². The molecule has 0 unspecified atom stereocenters. The molecule has 1 saturated heterocycles. The maximum absolute atomic E-state index is 12.5. The van der Waals surface area contributed by atoms with Crippen LogP contribution in [0, 0.1) is 0 Å². The number of nitrogens with zero attached hydrogens (tertiary/aromatic N) is 6. The second-order valence-electron chi connectivity index (χ2n) is 5.36. The van der Waals surface area contributed by atoms with Gasteiger partial charge in [-0.25, -0.2) is 14.6 Å². The molecule has 3 heterocycles. The van der Waals surface area contributed by atoms with Crippen molar-refractivity contribution in [1.82, 2.24) is 24.6 Å². The van der Waals surface area contributed by atoms with Gasteiger partial charge in [0, 0.05) is 32.4 Å². The second-order valence-corrected chi connectivity index (χ2v) is 5.36. The molecule has 0 N–H and O–H groups in total. The van der Waals surface area contributed by atoms with Crippen LogP contribution in [0.1, 0.15) is 5.56 Å². The van der Waals surface area contributed by atoms with Crippen LogP contribution in [0.25, 0.3) is 0 Å². The van der Waals surface area contributed by atoms with Gasteiger partial charge in [0.05, 0.1) is 5.56 Å². The highest BCUT2D eigenvalue weighted by Crippen LogP contribution is 2.29. The van der Waals surface area contributed by atoms with E-state index in [-0.39, 0.29) is 12.5 Å². The summed E-state index contributed by atoms with van der Waals surface area (Å²) in [6.45, 7) is 2.12. The van der Waals surface area contributed by atoms with Gasteiger partial charge in [0.15, 0.2) is 0 Å². The number of anilines is 1. The number of hydrogen-bond acceptors (Lipinski definition) is 5. The molecule has 24 heavy (non-hydrogen) atoms. The molecule has 0 aliphatic carbocycles. The quantitative estimate of drug-likeness (QED) is 0.835. The molecule has 0 atom stereocenters. The molecular formula is C14H15F3N6O. The predicted octanol–water partition coefficient (Wildman–Crippen LogP) is 1.04. The first-order valence-corrected chi connectivity index (χ1v) is 7.32. The van der Waals surface area contributed by atoms with E-state index in [4.69, 9.17) is 0 Å². The van der Waals surface area contributed by atoms with Gasteiger partial charge in [-0.15, -0.1) is 0 Å². The Morgan fingerprint density at radius 3 is 2.46 bits per heavy atom. The number of carbonyl (C=O) groups is 1. The summed E-state index contributed by atoms with van der Waals surface area (Å²) in [6, 6.07) is 2.38. The molecule has 3 rings (SSSR count). The molecule has 1 amide bonds. The number of carbonyl (C=O) groups excluding carboxylic acids is 1. The van der Waals surface area contributed by atoms with Crippen molar-refractivity contribution in [3.63, 3.8) is 0 Å². The summed E-state index contributed by atoms with van der Waals surface area (Å²) in [5.41, 5.74) is -0.770. The van der Waals surface area contributed by atoms with Gasteiger partial charge >= 0.3 is 6.18 Å². The highest BCUT2D eigenvalue weighted by molar-refractivity contribution is 5.76. The van der Waals surface area contributed by atoms with Crippen LogP contribution in [0.3, 0.4) is 0 Å². The topological polar surface area (TPSA) is 67.2 Å². The number of rotatable bonds is 3. The molecule has 0 saturated carbocycles. The van der Waals surface area contributed by atoms with E-state index in [0.717, 1.165) is 12.3 Å². The van der Waals surface area contributed by atoms with Gasteiger partial charge in [0.1, 0.15) is 25.0 Å². The third-order valence-corrected chi connectivity index (χ3v) is 3.80. The Morgan fingerprint density at radius 1 is 1.17 bits per heavy atom. The molecule has 128 valence electrons. The van der Waals surface area contributed by atoms with Crippen molar-refractivity contribution in [2.75, 3.05) is 31.1 Å². The first-order chi connectivity index (χ1) is 11.4. The van der Waals surface area contributed by atoms with Gasteiger partial charge in [-0.1, -0.05) is 0 Å². The lowest BCUT2D eigenvalue weighted by molar-refractivity contribution is -0.138. The zero-order chi connectivity index (χ0) is 17.2. The summed E-state index contributed by atoms with van der Waals surface area (Å²) >= 11 is 0. The SMILES string of the molecule is O=C(Cn1cncn1)N1CCN(c2ccc(C(F)(F)F)cn2)CC1. The standard InChI is InChI=1S/C14H15F3N6O/c15-14(16,17)11-1-2-12(19-7-11)21-3-5-22(6-4-21)13(24)8-23-10-18-9-20-23/h1-2,7,9-10H,3-6,8H2. The second kappa shape index (κ2) is 6.46. The van der Waals surface area contributed by atoms with Crippen LogP contribution in [0.5, 0.6) is 0 Å². The third-order valence-electron chi connectivity index (χ3n) is 3.80. The smallest absolute Gasteiger partial charge is 0.353 e. The summed E-state index contributed by atoms with van der Waals surface area (Å²) in [5, 5.41) is 3.89. The highest BCUT2D eigenvalue weighted by atomic mass is 19.4. The summed E-state index contributed by atoms with van der Waals surface area (Å²) in [5.74, 6) is 0.409. The number of alkyl halides is 3. The van der Waals surface area contributed by atoms with E-state index in [2.05, 4.69) is 15.1 Å². The fourth-order valence-corrected chi connectivity index (χ4v) is 2.48. The predicted molar refractivity (Wildman–Crippen MR) is 78.1 cm³/mol. The molecule has 10 heteroatoms. The summed E-state index contributed by atoms with van der Waals surface area (Å²) in [4.78, 5) is 23.4. The molecule has 1 aliphatic rings. The van der Waals surface area contributed by atoms with Gasteiger partial charge in [-0.05, 0) is 12.1 Å². The minimum absolute atomic E-state index is 0.0690. The zero-order valence-electron chi connectivity index (χ0n) is 12.6. The van der Waals surface area contributed by atoms with Gasteiger partial charge in [0.25, 0.3) is 0 Å². The molecular weight excluding hydrogens is 325 g/mol. The van der Waals surface area contributed by atoms with Crippen LogP contribution in [0.15, 0.2) is 31.0 Å². The Morgan fingerprint density at radius 2 is 1.92 bits per heavy atom. The fourth-order valence-electron chi connectivity index (χ4n) is 2.48. The van der Waals surface area contributed by atoms with Crippen molar-refractivity contribution in [3.05, 3.63) is 36.5 Å². The molecule has 2 aromatic heterocycles. The normalized spacial score (nSPS) is 15.6. The maximum Gasteiger partial charge on any atom is 0.417 e. The number of amides is 1. The van der Waals surface area contributed by atoms with Crippen molar-refractivity contribution in [1.29, 1.82) is 0 Å². The Kier molecular flexibility index (Phi) is 4.36. The van der Waals surface area contributed by atoms with Crippen LogP contribution < -0.4 is 4.90 Å². The minimum Gasteiger partial charge on any atom is -0.353 e. The fraction of sp³-hybridized carbons (Fsp3) is 0.429. The molecule has 2 aromatic rings. The third kappa shape index (κ3) is 3.63. The molecule has 0 aromatic carbocycles. The molecule has 1 fully saturated rings. The van der Waals surface area contributed by atoms with Crippen LogP contribution >= 0.6 is 0 Å². The zero-order valence-corrected chi connectivity index (χ0v) is 12.6. The molecule has 0 radical (unpaired) electrons.